The van der Waals surface area contributed by atoms with Crippen LogP contribution in [0.2, 0.25) is 0 Å². The third kappa shape index (κ3) is 3.26. The molecule has 1 heterocycles. The second kappa shape index (κ2) is 5.49. The highest BCUT2D eigenvalue weighted by Gasteiger charge is 2.14. The van der Waals surface area contributed by atoms with Gasteiger partial charge in [0.25, 0.3) is 5.91 Å². The van der Waals surface area contributed by atoms with Crippen molar-refractivity contribution in [3.8, 4) is 0 Å². The molecule has 2 aromatic rings. The molecule has 2 rings (SSSR count). The summed E-state index contributed by atoms with van der Waals surface area (Å²) in [5.74, 6) is 0.575. The highest BCUT2D eigenvalue weighted by molar-refractivity contribution is 5.94. The molecule has 106 valence electrons. The van der Waals surface area contributed by atoms with Crippen LogP contribution < -0.4 is 5.32 Å². The Morgan fingerprint density at radius 2 is 1.90 bits per heavy atom. The van der Waals surface area contributed by atoms with Gasteiger partial charge in [0.15, 0.2) is 6.39 Å². The van der Waals surface area contributed by atoms with Crippen LogP contribution in [0, 0.1) is 6.92 Å². The van der Waals surface area contributed by atoms with Gasteiger partial charge in [-0.3, -0.25) is 4.79 Å². The van der Waals surface area contributed by atoms with Crippen molar-refractivity contribution in [3.63, 3.8) is 0 Å². The van der Waals surface area contributed by atoms with Crippen molar-refractivity contribution in [3.05, 3.63) is 53.2 Å². The summed E-state index contributed by atoms with van der Waals surface area (Å²) in [4.78, 5) is 16.0. The summed E-state index contributed by atoms with van der Waals surface area (Å²) in [5, 5.41) is 2.83. The zero-order valence-electron chi connectivity index (χ0n) is 12.4. The van der Waals surface area contributed by atoms with Gasteiger partial charge in [0, 0.05) is 5.56 Å². The average Bonchev–Trinajstić information content (AvgIpc) is 2.81. The summed E-state index contributed by atoms with van der Waals surface area (Å²) in [6, 6.07) is 7.69. The molecule has 4 heteroatoms. The minimum absolute atomic E-state index is 0.0892. The number of hydrogen-bond donors (Lipinski definition) is 1. The third-order valence-electron chi connectivity index (χ3n) is 3.27. The smallest absolute Gasteiger partial charge is 0.251 e. The van der Waals surface area contributed by atoms with Crippen LogP contribution in [0.25, 0.3) is 0 Å². The molecule has 0 atom stereocenters. The van der Waals surface area contributed by atoms with E-state index >= 15 is 0 Å². The molecular weight excluding hydrogens is 252 g/mol. The molecule has 1 aromatic carbocycles. The van der Waals surface area contributed by atoms with E-state index in [0.717, 1.165) is 5.69 Å². The number of aryl methyl sites for hydroxylation is 1. The Bertz CT molecular complexity index is 592. The van der Waals surface area contributed by atoms with Gasteiger partial charge in [-0.25, -0.2) is 4.98 Å². The van der Waals surface area contributed by atoms with E-state index in [9.17, 15) is 4.79 Å². The van der Waals surface area contributed by atoms with Crippen LogP contribution in [0.15, 0.2) is 35.1 Å². The maximum absolute atomic E-state index is 12.0. The number of rotatable bonds is 3. The summed E-state index contributed by atoms with van der Waals surface area (Å²) in [6.45, 7) is 8.65. The molecular formula is C16H20N2O2. The van der Waals surface area contributed by atoms with Gasteiger partial charge in [-0.15, -0.1) is 0 Å². The fraction of sp³-hybridized carbons (Fsp3) is 0.375. The Labute approximate surface area is 119 Å². The monoisotopic (exact) mass is 272 g/mol. The van der Waals surface area contributed by atoms with Gasteiger partial charge >= 0.3 is 0 Å². The quantitative estimate of drug-likeness (QED) is 0.933. The molecule has 20 heavy (non-hydrogen) atoms. The first kappa shape index (κ1) is 14.3. The average molecular weight is 272 g/mol. The van der Waals surface area contributed by atoms with Crippen LogP contribution in [0.3, 0.4) is 0 Å². The van der Waals surface area contributed by atoms with Gasteiger partial charge in [-0.2, -0.15) is 0 Å². The van der Waals surface area contributed by atoms with Gasteiger partial charge in [0.2, 0.25) is 0 Å². The lowest BCUT2D eigenvalue weighted by Crippen LogP contribution is -2.23. The second-order valence-corrected chi connectivity index (χ2v) is 5.87. The van der Waals surface area contributed by atoms with Gasteiger partial charge in [-0.1, -0.05) is 32.9 Å². The topological polar surface area (TPSA) is 55.1 Å². The van der Waals surface area contributed by atoms with E-state index in [4.69, 9.17) is 4.42 Å². The number of nitrogens with zero attached hydrogens (tertiary/aromatic N) is 1. The molecule has 4 nitrogen and oxygen atoms in total. The van der Waals surface area contributed by atoms with Crippen molar-refractivity contribution >= 4 is 5.91 Å². The van der Waals surface area contributed by atoms with E-state index < -0.39 is 0 Å². The van der Waals surface area contributed by atoms with Crippen LogP contribution >= 0.6 is 0 Å². The fourth-order valence-electron chi connectivity index (χ4n) is 1.88. The fourth-order valence-corrected chi connectivity index (χ4v) is 1.88. The standard InChI is InChI=1S/C16H20N2O2/c1-11-14(20-10-18-11)9-17-15(19)12-5-7-13(8-6-12)16(2,3)4/h5-8,10H,9H2,1-4H3,(H,17,19). The van der Waals surface area contributed by atoms with Gasteiger partial charge < -0.3 is 9.73 Å². The molecule has 0 spiro atoms. The number of aromatic nitrogens is 1. The van der Waals surface area contributed by atoms with Crippen molar-refractivity contribution < 1.29 is 9.21 Å². The van der Waals surface area contributed by atoms with Crippen LogP contribution in [-0.2, 0) is 12.0 Å². The van der Waals surface area contributed by atoms with Crippen LogP contribution in [-0.4, -0.2) is 10.9 Å². The highest BCUT2D eigenvalue weighted by Crippen LogP contribution is 2.22. The van der Waals surface area contributed by atoms with Crippen molar-refractivity contribution in [2.75, 3.05) is 0 Å². The molecule has 1 amide bonds. The second-order valence-electron chi connectivity index (χ2n) is 5.87. The van der Waals surface area contributed by atoms with Crippen LogP contribution in [0.5, 0.6) is 0 Å². The Morgan fingerprint density at radius 3 is 2.40 bits per heavy atom. The number of oxazole rings is 1. The number of amides is 1. The first-order valence-electron chi connectivity index (χ1n) is 6.65. The van der Waals surface area contributed by atoms with E-state index in [1.165, 1.54) is 12.0 Å². The first-order chi connectivity index (χ1) is 9.38. The zero-order valence-corrected chi connectivity index (χ0v) is 12.4. The zero-order chi connectivity index (χ0) is 14.8. The maximum Gasteiger partial charge on any atom is 0.251 e. The van der Waals surface area contributed by atoms with Crippen molar-refractivity contribution in [1.82, 2.24) is 10.3 Å². The lowest BCUT2D eigenvalue weighted by molar-refractivity contribution is 0.0948. The van der Waals surface area contributed by atoms with Crippen LogP contribution in [0.1, 0.15) is 48.1 Å². The van der Waals surface area contributed by atoms with Crippen molar-refractivity contribution in [2.24, 2.45) is 0 Å². The minimum Gasteiger partial charge on any atom is -0.446 e. The molecule has 0 aliphatic heterocycles. The van der Waals surface area contributed by atoms with Gasteiger partial charge in [-0.05, 0) is 30.0 Å². The predicted molar refractivity (Wildman–Crippen MR) is 77.6 cm³/mol. The number of carbonyl (C=O) groups excluding carboxylic acids is 1. The third-order valence-corrected chi connectivity index (χ3v) is 3.27. The molecule has 0 bridgehead atoms. The largest absolute Gasteiger partial charge is 0.446 e. The molecule has 0 unspecified atom stereocenters. The van der Waals surface area contributed by atoms with Gasteiger partial charge in [0.05, 0.1) is 12.2 Å². The van der Waals surface area contributed by atoms with E-state index in [2.05, 4.69) is 31.1 Å². The van der Waals surface area contributed by atoms with Crippen LogP contribution in [0.4, 0.5) is 0 Å². The minimum atomic E-state index is -0.110. The number of benzene rings is 1. The SMILES string of the molecule is Cc1ncoc1CNC(=O)c1ccc(C(C)(C)C)cc1. The Morgan fingerprint density at radius 1 is 1.25 bits per heavy atom. The molecule has 1 N–H and O–H groups in total. The number of nitrogens with one attached hydrogen (secondary N) is 1. The molecule has 0 saturated heterocycles. The molecule has 0 fully saturated rings. The molecule has 1 aromatic heterocycles. The summed E-state index contributed by atoms with van der Waals surface area (Å²) >= 11 is 0. The molecule has 0 saturated carbocycles. The Balaban J connectivity index is 2.01. The Kier molecular flexibility index (Phi) is 3.93. The lowest BCUT2D eigenvalue weighted by atomic mass is 9.87. The predicted octanol–water partition coefficient (Wildman–Crippen LogP) is 3.21. The number of hydrogen-bond acceptors (Lipinski definition) is 3. The molecule has 0 aliphatic rings. The first-order valence-corrected chi connectivity index (χ1v) is 6.65. The normalized spacial score (nSPS) is 11.4. The summed E-state index contributed by atoms with van der Waals surface area (Å²) in [6.07, 6.45) is 1.38. The maximum atomic E-state index is 12.0. The number of carbonyl (C=O) groups is 1. The lowest BCUT2D eigenvalue weighted by Gasteiger charge is -2.19. The summed E-state index contributed by atoms with van der Waals surface area (Å²) in [7, 11) is 0. The van der Waals surface area contributed by atoms with E-state index in [-0.39, 0.29) is 11.3 Å². The van der Waals surface area contributed by atoms with Crippen molar-refractivity contribution in [2.45, 2.75) is 39.7 Å². The molecule has 0 radical (unpaired) electrons. The summed E-state index contributed by atoms with van der Waals surface area (Å²) < 4.78 is 5.19. The van der Waals surface area contributed by atoms with E-state index in [1.54, 1.807) is 0 Å². The van der Waals surface area contributed by atoms with E-state index in [0.29, 0.717) is 17.9 Å². The Hall–Kier alpha value is -2.10. The highest BCUT2D eigenvalue weighted by atomic mass is 16.3. The van der Waals surface area contributed by atoms with Gasteiger partial charge in [0.1, 0.15) is 5.76 Å². The van der Waals surface area contributed by atoms with E-state index in [1.807, 2.05) is 31.2 Å². The molecule has 0 aliphatic carbocycles. The van der Waals surface area contributed by atoms with Crippen molar-refractivity contribution in [1.29, 1.82) is 0 Å². The summed E-state index contributed by atoms with van der Waals surface area (Å²) in [5.41, 5.74) is 2.75.